The van der Waals surface area contributed by atoms with Crippen molar-refractivity contribution in [1.29, 1.82) is 0 Å². The maximum atomic E-state index is 6.47. The van der Waals surface area contributed by atoms with E-state index in [1.54, 1.807) is 6.20 Å². The van der Waals surface area contributed by atoms with Crippen molar-refractivity contribution in [3.63, 3.8) is 0 Å². The third kappa shape index (κ3) is 5.46. The van der Waals surface area contributed by atoms with Gasteiger partial charge in [0, 0.05) is 45.8 Å². The Hall–Kier alpha value is -5.30. The van der Waals surface area contributed by atoms with E-state index >= 15 is 0 Å². The van der Waals surface area contributed by atoms with Crippen LogP contribution >= 0.6 is 0 Å². The number of hydrogen-bond donors (Lipinski definition) is 0. The van der Waals surface area contributed by atoms with Crippen LogP contribution in [0.2, 0.25) is 0 Å². The first-order chi connectivity index (χ1) is 21.5. The van der Waals surface area contributed by atoms with E-state index < -0.39 is 0 Å². The van der Waals surface area contributed by atoms with Gasteiger partial charge in [0.15, 0.2) is 0 Å². The number of fused-ring (bicyclic) bond motifs is 3. The maximum Gasteiger partial charge on any atom is 0.247 e. The molecule has 0 amide bonds. The minimum Gasteiger partial charge on any atom is -0.457 e. The van der Waals surface area contributed by atoms with Crippen LogP contribution in [0.3, 0.4) is 0 Å². The van der Waals surface area contributed by atoms with Gasteiger partial charge in [0.25, 0.3) is 0 Å². The lowest BCUT2D eigenvalue weighted by molar-refractivity contribution is 0.399. The molecule has 0 aliphatic carbocycles. The topological polar surface area (TPSA) is 78.9 Å². The summed E-state index contributed by atoms with van der Waals surface area (Å²) in [4.78, 5) is 9.41. The van der Waals surface area contributed by atoms with Gasteiger partial charge in [-0.2, -0.15) is 0 Å². The molecule has 4 heterocycles. The lowest BCUT2D eigenvalue weighted by Gasteiger charge is -2.20. The monoisotopic (exact) mass is 593 g/mol. The summed E-state index contributed by atoms with van der Waals surface area (Å²) in [5.41, 5.74) is 5.67. The van der Waals surface area contributed by atoms with Crippen molar-refractivity contribution in [3.8, 4) is 40.0 Å². The number of ether oxygens (including phenoxy) is 1. The van der Waals surface area contributed by atoms with Crippen molar-refractivity contribution >= 4 is 21.8 Å². The van der Waals surface area contributed by atoms with E-state index in [-0.39, 0.29) is 10.8 Å². The van der Waals surface area contributed by atoms with Crippen LogP contribution in [0, 0.1) is 0 Å². The van der Waals surface area contributed by atoms with Gasteiger partial charge in [-0.3, -0.25) is 9.55 Å². The molecular formula is C38H35N5O2. The minimum atomic E-state index is -0.225. The molecule has 0 saturated heterocycles. The van der Waals surface area contributed by atoms with Crippen LogP contribution in [0.15, 0.2) is 108 Å². The van der Waals surface area contributed by atoms with E-state index in [4.69, 9.17) is 14.1 Å². The molecular weight excluding hydrogens is 558 g/mol. The van der Waals surface area contributed by atoms with Crippen molar-refractivity contribution in [2.45, 2.75) is 52.4 Å². The van der Waals surface area contributed by atoms with E-state index in [0.717, 1.165) is 44.8 Å². The number of benzene rings is 3. The second-order valence-corrected chi connectivity index (χ2v) is 13.4. The first kappa shape index (κ1) is 28.5. The van der Waals surface area contributed by atoms with Crippen LogP contribution in [-0.2, 0) is 10.8 Å². The quantitative estimate of drug-likeness (QED) is 0.198. The van der Waals surface area contributed by atoms with Gasteiger partial charge in [0.2, 0.25) is 11.8 Å². The summed E-state index contributed by atoms with van der Waals surface area (Å²) >= 11 is 0. The molecule has 0 fully saturated rings. The van der Waals surface area contributed by atoms with Crippen LogP contribution in [0.25, 0.3) is 50.3 Å². The second-order valence-electron chi connectivity index (χ2n) is 13.4. The standard InChI is InChI=1S/C38H35N5O2/c1-37(2,3)26-17-19-40-34(22-26)43-32-13-8-7-12-29(32)30-15-14-28(23-33(30)43)44-27-11-9-10-24(20-27)31-21-25(16-18-39-31)35-41-42-36(45-35)38(4,5)6/h7-23H,1-6H3. The predicted octanol–water partition coefficient (Wildman–Crippen LogP) is 9.68. The Bertz CT molecular complexity index is 2180. The fourth-order valence-electron chi connectivity index (χ4n) is 5.49. The molecule has 0 atom stereocenters. The Morgan fingerprint density at radius 1 is 0.622 bits per heavy atom. The van der Waals surface area contributed by atoms with Crippen LogP contribution in [0.5, 0.6) is 11.5 Å². The molecule has 3 aromatic carbocycles. The highest BCUT2D eigenvalue weighted by Crippen LogP contribution is 2.36. The Labute approximate surface area is 262 Å². The van der Waals surface area contributed by atoms with Crippen LogP contribution in [0.1, 0.15) is 53.0 Å². The van der Waals surface area contributed by atoms with Gasteiger partial charge in [0.1, 0.15) is 17.3 Å². The first-order valence-corrected chi connectivity index (χ1v) is 15.1. The Balaban J connectivity index is 1.24. The third-order valence-corrected chi connectivity index (χ3v) is 7.92. The van der Waals surface area contributed by atoms with Crippen molar-refractivity contribution < 1.29 is 9.15 Å². The normalized spacial score (nSPS) is 12.2. The highest BCUT2D eigenvalue weighted by atomic mass is 16.5. The predicted molar refractivity (Wildman–Crippen MR) is 179 cm³/mol. The lowest BCUT2D eigenvalue weighted by Crippen LogP contribution is -2.12. The number of pyridine rings is 2. The van der Waals surface area contributed by atoms with Gasteiger partial charge in [-0.25, -0.2) is 4.98 Å². The smallest absolute Gasteiger partial charge is 0.247 e. The molecule has 7 nitrogen and oxygen atoms in total. The zero-order valence-corrected chi connectivity index (χ0v) is 26.4. The largest absolute Gasteiger partial charge is 0.457 e. The zero-order valence-electron chi connectivity index (χ0n) is 26.4. The van der Waals surface area contributed by atoms with Gasteiger partial charge in [-0.15, -0.1) is 10.2 Å². The SMILES string of the molecule is CC(C)(C)c1ccnc(-n2c3ccccc3c3ccc(Oc4cccc(-c5cc(-c6nnc(C(C)(C)C)o6)ccn5)c4)cc32)c1. The summed E-state index contributed by atoms with van der Waals surface area (Å²) in [6, 6.07) is 30.7. The molecule has 0 unspecified atom stereocenters. The molecule has 0 bridgehead atoms. The van der Waals surface area contributed by atoms with Gasteiger partial charge < -0.3 is 9.15 Å². The molecule has 0 aliphatic rings. The van der Waals surface area contributed by atoms with E-state index in [1.165, 1.54) is 10.9 Å². The third-order valence-electron chi connectivity index (χ3n) is 7.92. The number of hydrogen-bond acceptors (Lipinski definition) is 6. The van der Waals surface area contributed by atoms with Gasteiger partial charge in [-0.1, -0.05) is 71.9 Å². The highest BCUT2D eigenvalue weighted by Gasteiger charge is 2.22. The molecule has 4 aromatic heterocycles. The van der Waals surface area contributed by atoms with E-state index in [1.807, 2.05) is 69.4 Å². The molecule has 7 heteroatoms. The van der Waals surface area contributed by atoms with Gasteiger partial charge in [0.05, 0.1) is 16.7 Å². The molecule has 0 radical (unpaired) electrons. The molecule has 45 heavy (non-hydrogen) atoms. The summed E-state index contributed by atoms with van der Waals surface area (Å²) in [5, 5.41) is 10.8. The minimum absolute atomic E-state index is 0.00480. The summed E-state index contributed by atoms with van der Waals surface area (Å²) in [5.74, 6) is 3.40. The van der Waals surface area contributed by atoms with Crippen molar-refractivity contribution in [1.82, 2.24) is 24.7 Å². The summed E-state index contributed by atoms with van der Waals surface area (Å²) in [6.07, 6.45) is 3.65. The zero-order chi connectivity index (χ0) is 31.3. The van der Waals surface area contributed by atoms with E-state index in [9.17, 15) is 0 Å². The molecule has 224 valence electrons. The number of nitrogens with zero attached hydrogens (tertiary/aromatic N) is 5. The second kappa shape index (κ2) is 10.7. The summed E-state index contributed by atoms with van der Waals surface area (Å²) in [6.45, 7) is 12.8. The number of aromatic nitrogens is 5. The Kier molecular flexibility index (Phi) is 6.77. The molecule has 7 rings (SSSR count). The highest BCUT2D eigenvalue weighted by molar-refractivity contribution is 6.09. The molecule has 0 aliphatic heterocycles. The average Bonchev–Trinajstić information content (AvgIpc) is 3.65. The first-order valence-electron chi connectivity index (χ1n) is 15.1. The molecule has 0 spiro atoms. The van der Waals surface area contributed by atoms with Gasteiger partial charge in [-0.05, 0) is 65.6 Å². The number of para-hydroxylation sites is 1. The fourth-order valence-corrected chi connectivity index (χ4v) is 5.49. The Morgan fingerprint density at radius 2 is 1.40 bits per heavy atom. The van der Waals surface area contributed by atoms with Crippen LogP contribution < -0.4 is 4.74 Å². The summed E-state index contributed by atoms with van der Waals surface area (Å²) in [7, 11) is 0. The number of rotatable bonds is 5. The lowest BCUT2D eigenvalue weighted by atomic mass is 9.88. The van der Waals surface area contributed by atoms with Gasteiger partial charge >= 0.3 is 0 Å². The van der Waals surface area contributed by atoms with Crippen LogP contribution in [-0.4, -0.2) is 24.7 Å². The van der Waals surface area contributed by atoms with E-state index in [2.05, 4.69) is 89.1 Å². The molecule has 7 aromatic rings. The van der Waals surface area contributed by atoms with Crippen molar-refractivity contribution in [2.24, 2.45) is 0 Å². The van der Waals surface area contributed by atoms with Crippen molar-refractivity contribution in [2.75, 3.05) is 0 Å². The molecule has 0 N–H and O–H groups in total. The van der Waals surface area contributed by atoms with E-state index in [0.29, 0.717) is 17.5 Å². The fraction of sp³-hybridized carbons (Fsp3) is 0.211. The average molecular weight is 594 g/mol. The maximum absolute atomic E-state index is 6.47. The van der Waals surface area contributed by atoms with Crippen molar-refractivity contribution in [3.05, 3.63) is 115 Å². The summed E-state index contributed by atoms with van der Waals surface area (Å²) < 4.78 is 14.7. The van der Waals surface area contributed by atoms with Crippen LogP contribution in [0.4, 0.5) is 0 Å². The molecule has 0 saturated carbocycles. The Morgan fingerprint density at radius 3 is 2.20 bits per heavy atom.